The molecule has 5 heteroatoms. The van der Waals surface area contributed by atoms with Gasteiger partial charge in [0.05, 0.1) is 23.2 Å². The molecule has 2 aromatic rings. The maximum atomic E-state index is 11.8. The summed E-state index contributed by atoms with van der Waals surface area (Å²) >= 11 is 1.67. The number of aliphatic hydroxyl groups is 1. The number of rotatable bonds is 7. The van der Waals surface area contributed by atoms with Gasteiger partial charge >= 0.3 is 0 Å². The van der Waals surface area contributed by atoms with E-state index in [1.54, 1.807) is 11.3 Å². The zero-order chi connectivity index (χ0) is 16.8. The number of hydrogen-bond acceptors (Lipinski definition) is 4. The first-order valence-electron chi connectivity index (χ1n) is 7.94. The van der Waals surface area contributed by atoms with Gasteiger partial charge in [0.15, 0.2) is 0 Å². The molecular formula is C18H24N2O2S. The van der Waals surface area contributed by atoms with Crippen LogP contribution in [-0.2, 0) is 11.2 Å². The highest BCUT2D eigenvalue weighted by atomic mass is 32.1. The van der Waals surface area contributed by atoms with E-state index in [1.165, 1.54) is 4.88 Å². The molecule has 1 aromatic heterocycles. The number of aliphatic hydroxyl groups excluding tert-OH is 1. The lowest BCUT2D eigenvalue weighted by Crippen LogP contribution is -2.30. The number of nitrogens with one attached hydrogen (secondary N) is 1. The van der Waals surface area contributed by atoms with Crippen LogP contribution in [-0.4, -0.2) is 28.6 Å². The van der Waals surface area contributed by atoms with E-state index in [0.717, 1.165) is 16.3 Å². The van der Waals surface area contributed by atoms with Crippen LogP contribution >= 0.6 is 11.3 Å². The van der Waals surface area contributed by atoms with Crippen molar-refractivity contribution in [2.24, 2.45) is 5.92 Å². The molecule has 0 aliphatic carbocycles. The summed E-state index contributed by atoms with van der Waals surface area (Å²) in [5, 5.41) is 13.6. The minimum absolute atomic E-state index is 0.0933. The molecule has 0 radical (unpaired) electrons. The van der Waals surface area contributed by atoms with Crippen molar-refractivity contribution in [2.75, 3.05) is 6.54 Å². The highest BCUT2D eigenvalue weighted by Gasteiger charge is 2.14. The molecule has 2 rings (SSSR count). The van der Waals surface area contributed by atoms with E-state index in [0.29, 0.717) is 13.0 Å². The second-order valence-corrected chi connectivity index (χ2v) is 7.28. The number of aromatic nitrogens is 1. The van der Waals surface area contributed by atoms with Crippen molar-refractivity contribution in [3.63, 3.8) is 0 Å². The number of hydrogen-bond donors (Lipinski definition) is 2. The summed E-state index contributed by atoms with van der Waals surface area (Å²) < 4.78 is 0. The largest absolute Gasteiger partial charge is 0.392 e. The highest BCUT2D eigenvalue weighted by Crippen LogP contribution is 2.27. The van der Waals surface area contributed by atoms with E-state index in [2.05, 4.69) is 29.4 Å². The van der Waals surface area contributed by atoms with E-state index in [1.807, 2.05) is 32.0 Å². The Morgan fingerprint density at radius 2 is 2.00 bits per heavy atom. The third-order valence-electron chi connectivity index (χ3n) is 3.71. The third-order valence-corrected chi connectivity index (χ3v) is 4.74. The maximum Gasteiger partial charge on any atom is 0.222 e. The van der Waals surface area contributed by atoms with Gasteiger partial charge in [-0.25, -0.2) is 4.98 Å². The standard InChI is InChI=1S/C18H24N2O2S/c1-12(2)15(21)11-16(22)19-10-9-17-20-18(13(3)23-17)14-7-5-4-6-8-14/h4-8,12,15,21H,9-11H2,1-3H3,(H,19,22). The number of nitrogens with zero attached hydrogens (tertiary/aromatic N) is 1. The number of benzene rings is 1. The Morgan fingerprint density at radius 3 is 2.65 bits per heavy atom. The maximum absolute atomic E-state index is 11.8. The topological polar surface area (TPSA) is 62.2 Å². The van der Waals surface area contributed by atoms with Gasteiger partial charge < -0.3 is 10.4 Å². The molecule has 1 heterocycles. The molecule has 2 N–H and O–H groups in total. The summed E-state index contributed by atoms with van der Waals surface area (Å²) in [5.41, 5.74) is 2.14. The zero-order valence-electron chi connectivity index (χ0n) is 13.9. The fourth-order valence-corrected chi connectivity index (χ4v) is 3.18. The van der Waals surface area contributed by atoms with Crippen molar-refractivity contribution in [3.05, 3.63) is 40.2 Å². The lowest BCUT2D eigenvalue weighted by atomic mass is 10.0. The van der Waals surface area contributed by atoms with Gasteiger partial charge in [-0.15, -0.1) is 11.3 Å². The number of amides is 1. The molecule has 4 nitrogen and oxygen atoms in total. The van der Waals surface area contributed by atoms with E-state index in [4.69, 9.17) is 0 Å². The molecule has 0 aliphatic heterocycles. The van der Waals surface area contributed by atoms with Gasteiger partial charge in [0.2, 0.25) is 5.91 Å². The average molecular weight is 332 g/mol. The molecule has 0 spiro atoms. The Morgan fingerprint density at radius 1 is 1.30 bits per heavy atom. The zero-order valence-corrected chi connectivity index (χ0v) is 14.7. The third kappa shape index (κ3) is 5.15. The summed E-state index contributed by atoms with van der Waals surface area (Å²) in [6, 6.07) is 10.1. The first-order valence-corrected chi connectivity index (χ1v) is 8.75. The molecular weight excluding hydrogens is 308 g/mol. The molecule has 1 amide bonds. The normalized spacial score (nSPS) is 12.4. The molecule has 0 saturated heterocycles. The molecule has 0 saturated carbocycles. The molecule has 23 heavy (non-hydrogen) atoms. The van der Waals surface area contributed by atoms with Crippen LogP contribution in [0, 0.1) is 12.8 Å². The lowest BCUT2D eigenvalue weighted by Gasteiger charge is -2.13. The van der Waals surface area contributed by atoms with Crippen LogP contribution < -0.4 is 5.32 Å². The van der Waals surface area contributed by atoms with Crippen molar-refractivity contribution >= 4 is 17.2 Å². The van der Waals surface area contributed by atoms with Crippen LogP contribution in [0.3, 0.4) is 0 Å². The van der Waals surface area contributed by atoms with Gasteiger partial charge in [-0.3, -0.25) is 4.79 Å². The first-order chi connectivity index (χ1) is 11.0. The van der Waals surface area contributed by atoms with E-state index in [9.17, 15) is 9.90 Å². The molecule has 1 aromatic carbocycles. The Balaban J connectivity index is 1.87. The average Bonchev–Trinajstić information content (AvgIpc) is 2.89. The summed E-state index contributed by atoms with van der Waals surface area (Å²) in [6.07, 6.45) is 0.285. The van der Waals surface area contributed by atoms with Crippen LogP contribution in [0.15, 0.2) is 30.3 Å². The van der Waals surface area contributed by atoms with Gasteiger partial charge in [-0.05, 0) is 12.8 Å². The number of carbonyl (C=O) groups is 1. The summed E-state index contributed by atoms with van der Waals surface area (Å²) in [6.45, 7) is 6.43. The Labute approximate surface area is 141 Å². The predicted molar refractivity (Wildman–Crippen MR) is 94.5 cm³/mol. The van der Waals surface area contributed by atoms with Crippen molar-refractivity contribution in [2.45, 2.75) is 39.7 Å². The van der Waals surface area contributed by atoms with Crippen LogP contribution in [0.2, 0.25) is 0 Å². The van der Waals surface area contributed by atoms with E-state index >= 15 is 0 Å². The molecule has 1 unspecified atom stereocenters. The Kier molecular flexibility index (Phi) is 6.30. The summed E-state index contributed by atoms with van der Waals surface area (Å²) in [4.78, 5) is 17.6. The van der Waals surface area contributed by atoms with E-state index in [-0.39, 0.29) is 18.2 Å². The second-order valence-electron chi connectivity index (χ2n) is 5.99. The second kappa shape index (κ2) is 8.22. The molecule has 1 atom stereocenters. The predicted octanol–water partition coefficient (Wildman–Crippen LogP) is 3.18. The van der Waals surface area contributed by atoms with E-state index < -0.39 is 6.10 Å². The minimum atomic E-state index is -0.582. The van der Waals surface area contributed by atoms with Crippen LogP contribution in [0.25, 0.3) is 11.3 Å². The van der Waals surface area contributed by atoms with Crippen molar-refractivity contribution in [1.29, 1.82) is 0 Å². The SMILES string of the molecule is Cc1sc(CCNC(=O)CC(O)C(C)C)nc1-c1ccccc1. The summed E-state index contributed by atoms with van der Waals surface area (Å²) in [7, 11) is 0. The van der Waals surface area contributed by atoms with Crippen molar-refractivity contribution < 1.29 is 9.90 Å². The van der Waals surface area contributed by atoms with Gasteiger partial charge in [0.1, 0.15) is 0 Å². The molecule has 0 aliphatic rings. The van der Waals surface area contributed by atoms with Crippen LogP contribution in [0.5, 0.6) is 0 Å². The Hall–Kier alpha value is -1.72. The van der Waals surface area contributed by atoms with Gasteiger partial charge in [0.25, 0.3) is 0 Å². The van der Waals surface area contributed by atoms with Gasteiger partial charge in [-0.2, -0.15) is 0 Å². The fourth-order valence-electron chi connectivity index (χ4n) is 2.23. The number of thiazole rings is 1. The molecule has 0 fully saturated rings. The monoisotopic (exact) mass is 332 g/mol. The quantitative estimate of drug-likeness (QED) is 0.818. The van der Waals surface area contributed by atoms with Crippen LogP contribution in [0.1, 0.15) is 30.2 Å². The number of aryl methyl sites for hydroxylation is 1. The Bertz CT molecular complexity index is 638. The first kappa shape index (κ1) is 17.6. The van der Waals surface area contributed by atoms with Crippen molar-refractivity contribution in [3.8, 4) is 11.3 Å². The summed E-state index contributed by atoms with van der Waals surface area (Å²) in [5.74, 6) is -0.0152. The molecule has 0 bridgehead atoms. The molecule has 124 valence electrons. The van der Waals surface area contributed by atoms with Crippen molar-refractivity contribution in [1.82, 2.24) is 10.3 Å². The lowest BCUT2D eigenvalue weighted by molar-refractivity contribution is -0.123. The number of carbonyl (C=O) groups excluding carboxylic acids is 1. The van der Waals surface area contributed by atoms with Gasteiger partial charge in [-0.1, -0.05) is 44.2 Å². The van der Waals surface area contributed by atoms with Crippen LogP contribution in [0.4, 0.5) is 0 Å². The minimum Gasteiger partial charge on any atom is -0.392 e. The fraction of sp³-hybridized carbons (Fsp3) is 0.444. The smallest absolute Gasteiger partial charge is 0.222 e. The van der Waals surface area contributed by atoms with Gasteiger partial charge in [0, 0.05) is 23.4 Å². The highest BCUT2D eigenvalue weighted by molar-refractivity contribution is 7.12.